The van der Waals surface area contributed by atoms with E-state index in [0.29, 0.717) is 12.0 Å². The van der Waals surface area contributed by atoms with E-state index in [1.54, 1.807) is 0 Å². The lowest BCUT2D eigenvalue weighted by Gasteiger charge is -2.35. The maximum atomic E-state index is 11.9. The molecular formula is C12H23N3O. The minimum atomic E-state index is -0.466. The van der Waals surface area contributed by atoms with E-state index >= 15 is 0 Å². The molecule has 2 aliphatic carbocycles. The zero-order valence-corrected chi connectivity index (χ0v) is 10.3. The van der Waals surface area contributed by atoms with Crippen LogP contribution in [0.15, 0.2) is 0 Å². The van der Waals surface area contributed by atoms with Gasteiger partial charge in [-0.2, -0.15) is 0 Å². The Morgan fingerprint density at radius 3 is 2.44 bits per heavy atom. The van der Waals surface area contributed by atoms with Gasteiger partial charge in [-0.3, -0.25) is 10.1 Å². The highest BCUT2D eigenvalue weighted by Gasteiger charge is 2.52. The molecule has 3 N–H and O–H groups in total. The summed E-state index contributed by atoms with van der Waals surface area (Å²) in [5, 5.41) is 3.51. The first kappa shape index (κ1) is 11.9. The van der Waals surface area contributed by atoms with Gasteiger partial charge in [-0.15, -0.1) is 0 Å². The fraction of sp³-hybridized carbons (Fsp3) is 0.917. The van der Waals surface area contributed by atoms with Crippen molar-refractivity contribution >= 4 is 5.91 Å². The molecular weight excluding hydrogens is 202 g/mol. The quantitative estimate of drug-likeness (QED) is 0.656. The topological polar surface area (TPSA) is 58.4 Å². The van der Waals surface area contributed by atoms with Crippen LogP contribution in [0, 0.1) is 5.92 Å². The van der Waals surface area contributed by atoms with Crippen LogP contribution in [-0.4, -0.2) is 42.5 Å². The van der Waals surface area contributed by atoms with E-state index in [4.69, 9.17) is 5.73 Å². The number of nitrogens with zero attached hydrogens (tertiary/aromatic N) is 1. The summed E-state index contributed by atoms with van der Waals surface area (Å²) in [6.45, 7) is 3.81. The van der Waals surface area contributed by atoms with E-state index in [9.17, 15) is 4.79 Å². The number of carbonyl (C=O) groups is 1. The number of likely N-dealkylation sites (N-methyl/N-ethyl adjacent to an activating group) is 1. The molecule has 1 amide bonds. The molecule has 4 heteroatoms. The first-order valence-corrected chi connectivity index (χ1v) is 6.34. The number of hydrogen-bond donors (Lipinski definition) is 2. The van der Waals surface area contributed by atoms with E-state index < -0.39 is 5.54 Å². The van der Waals surface area contributed by atoms with Crippen LogP contribution in [0.5, 0.6) is 0 Å². The fourth-order valence-corrected chi connectivity index (χ4v) is 2.35. The highest BCUT2D eigenvalue weighted by atomic mass is 16.1. The maximum absolute atomic E-state index is 11.9. The largest absolute Gasteiger partial charge is 0.368 e. The summed E-state index contributed by atoms with van der Waals surface area (Å²) in [5.74, 6) is 0.293. The van der Waals surface area contributed by atoms with Gasteiger partial charge in [-0.1, -0.05) is 6.92 Å². The second-order valence-electron chi connectivity index (χ2n) is 5.36. The van der Waals surface area contributed by atoms with Crippen LogP contribution in [0.1, 0.15) is 32.6 Å². The minimum Gasteiger partial charge on any atom is -0.368 e. The van der Waals surface area contributed by atoms with Crippen molar-refractivity contribution in [1.29, 1.82) is 0 Å². The molecule has 0 aliphatic heterocycles. The van der Waals surface area contributed by atoms with E-state index in [-0.39, 0.29) is 5.91 Å². The Morgan fingerprint density at radius 1 is 1.44 bits per heavy atom. The lowest BCUT2D eigenvalue weighted by atomic mass is 9.91. The fourth-order valence-electron chi connectivity index (χ4n) is 2.35. The molecule has 1 atom stereocenters. The van der Waals surface area contributed by atoms with Gasteiger partial charge in [-0.05, 0) is 45.2 Å². The molecule has 0 bridgehead atoms. The van der Waals surface area contributed by atoms with Crippen molar-refractivity contribution in [2.75, 3.05) is 20.1 Å². The third kappa shape index (κ3) is 2.38. The lowest BCUT2D eigenvalue weighted by molar-refractivity contribution is -0.126. The standard InChI is InChI=1S/C12H23N3O/c1-3-15(2)8-12(11(13)16,9-4-5-9)14-10-6-7-10/h9-10,14H,3-8H2,1-2H3,(H2,13,16). The SMILES string of the molecule is CCN(C)CC(NC1CC1)(C(N)=O)C1CC1. The summed E-state index contributed by atoms with van der Waals surface area (Å²) in [5.41, 5.74) is 5.20. The zero-order chi connectivity index (χ0) is 11.8. The first-order chi connectivity index (χ1) is 7.58. The van der Waals surface area contributed by atoms with Crippen molar-refractivity contribution in [2.45, 2.75) is 44.2 Å². The van der Waals surface area contributed by atoms with Gasteiger partial charge in [0.1, 0.15) is 5.54 Å². The van der Waals surface area contributed by atoms with Crippen LogP contribution < -0.4 is 11.1 Å². The van der Waals surface area contributed by atoms with Gasteiger partial charge >= 0.3 is 0 Å². The minimum absolute atomic E-state index is 0.165. The normalized spacial score (nSPS) is 24.4. The average Bonchev–Trinajstić information content (AvgIpc) is 3.08. The Kier molecular flexibility index (Phi) is 3.22. The van der Waals surface area contributed by atoms with Crippen LogP contribution >= 0.6 is 0 Å². The van der Waals surface area contributed by atoms with Gasteiger partial charge < -0.3 is 10.6 Å². The molecule has 0 aromatic carbocycles. The average molecular weight is 225 g/mol. The zero-order valence-electron chi connectivity index (χ0n) is 10.3. The van der Waals surface area contributed by atoms with Crippen LogP contribution in [0.2, 0.25) is 0 Å². The molecule has 4 nitrogen and oxygen atoms in total. The third-order valence-electron chi connectivity index (χ3n) is 3.81. The first-order valence-electron chi connectivity index (χ1n) is 6.34. The monoisotopic (exact) mass is 225 g/mol. The lowest BCUT2D eigenvalue weighted by Crippen LogP contribution is -2.63. The molecule has 2 fully saturated rings. The molecule has 0 radical (unpaired) electrons. The molecule has 2 rings (SSSR count). The number of rotatable bonds is 7. The van der Waals surface area contributed by atoms with Crippen molar-refractivity contribution in [3.63, 3.8) is 0 Å². The third-order valence-corrected chi connectivity index (χ3v) is 3.81. The van der Waals surface area contributed by atoms with Gasteiger partial charge in [0.25, 0.3) is 0 Å². The van der Waals surface area contributed by atoms with Gasteiger partial charge in [0.2, 0.25) is 5.91 Å². The Morgan fingerprint density at radius 2 is 2.06 bits per heavy atom. The highest BCUT2D eigenvalue weighted by Crippen LogP contribution is 2.41. The molecule has 2 aliphatic rings. The van der Waals surface area contributed by atoms with E-state index in [2.05, 4.69) is 24.2 Å². The summed E-state index contributed by atoms with van der Waals surface area (Å²) >= 11 is 0. The Balaban J connectivity index is 2.09. The molecule has 0 aromatic rings. The molecule has 0 saturated heterocycles. The summed E-state index contributed by atoms with van der Waals surface area (Å²) in [6.07, 6.45) is 4.66. The number of nitrogens with two attached hydrogens (primary N) is 1. The predicted octanol–water partition coefficient (Wildman–Crippen LogP) is 0.324. The number of nitrogens with one attached hydrogen (secondary N) is 1. The Labute approximate surface area is 97.6 Å². The number of carbonyl (C=O) groups excluding carboxylic acids is 1. The van der Waals surface area contributed by atoms with E-state index in [0.717, 1.165) is 25.9 Å². The molecule has 1 unspecified atom stereocenters. The number of hydrogen-bond acceptors (Lipinski definition) is 3. The number of amides is 1. The van der Waals surface area contributed by atoms with Crippen molar-refractivity contribution in [3.05, 3.63) is 0 Å². The maximum Gasteiger partial charge on any atom is 0.239 e. The molecule has 0 heterocycles. The van der Waals surface area contributed by atoms with Gasteiger partial charge in [0.05, 0.1) is 0 Å². The van der Waals surface area contributed by atoms with Gasteiger partial charge in [-0.25, -0.2) is 0 Å². The molecule has 0 spiro atoms. The summed E-state index contributed by atoms with van der Waals surface area (Å²) < 4.78 is 0. The molecule has 92 valence electrons. The smallest absolute Gasteiger partial charge is 0.239 e. The van der Waals surface area contributed by atoms with Crippen molar-refractivity contribution in [1.82, 2.24) is 10.2 Å². The number of primary amides is 1. The molecule has 2 saturated carbocycles. The van der Waals surface area contributed by atoms with Crippen LogP contribution in [0.25, 0.3) is 0 Å². The van der Waals surface area contributed by atoms with Crippen molar-refractivity contribution < 1.29 is 4.79 Å². The Bertz CT molecular complexity index is 273. The second kappa shape index (κ2) is 4.34. The molecule has 0 aromatic heterocycles. The second-order valence-corrected chi connectivity index (χ2v) is 5.36. The van der Waals surface area contributed by atoms with Crippen LogP contribution in [0.3, 0.4) is 0 Å². The van der Waals surface area contributed by atoms with Crippen molar-refractivity contribution in [3.8, 4) is 0 Å². The van der Waals surface area contributed by atoms with Crippen LogP contribution in [0.4, 0.5) is 0 Å². The van der Waals surface area contributed by atoms with E-state index in [1.807, 2.05) is 0 Å². The van der Waals surface area contributed by atoms with Crippen LogP contribution in [-0.2, 0) is 4.79 Å². The Hall–Kier alpha value is -0.610. The summed E-state index contributed by atoms with van der Waals surface area (Å²) in [4.78, 5) is 14.0. The van der Waals surface area contributed by atoms with E-state index in [1.165, 1.54) is 12.8 Å². The summed E-state index contributed by atoms with van der Waals surface area (Å²) in [7, 11) is 2.05. The van der Waals surface area contributed by atoms with Crippen molar-refractivity contribution in [2.24, 2.45) is 11.7 Å². The predicted molar refractivity (Wildman–Crippen MR) is 64.0 cm³/mol. The van der Waals surface area contributed by atoms with Gasteiger partial charge in [0, 0.05) is 12.6 Å². The molecule has 16 heavy (non-hydrogen) atoms. The summed E-state index contributed by atoms with van der Waals surface area (Å²) in [6, 6.07) is 0.526. The highest BCUT2D eigenvalue weighted by molar-refractivity contribution is 5.86. The van der Waals surface area contributed by atoms with Gasteiger partial charge in [0.15, 0.2) is 0 Å².